The van der Waals surface area contributed by atoms with Gasteiger partial charge in [0.25, 0.3) is 0 Å². The Hall–Kier alpha value is -1.59. The van der Waals surface area contributed by atoms with E-state index in [2.05, 4.69) is 0 Å². The quantitative estimate of drug-likeness (QED) is 0.824. The Balaban J connectivity index is 1.52. The van der Waals surface area contributed by atoms with Crippen LogP contribution in [0.5, 0.6) is 0 Å². The molecule has 1 unspecified atom stereocenters. The SMILES string of the molecule is O=C(CCc1ccccc1Cl)N1CCCC(C(=O)N2CCOCC2)C1. The van der Waals surface area contributed by atoms with E-state index in [-0.39, 0.29) is 17.7 Å². The first-order valence-corrected chi connectivity index (χ1v) is 9.40. The van der Waals surface area contributed by atoms with E-state index >= 15 is 0 Å². The van der Waals surface area contributed by atoms with Gasteiger partial charge in [-0.15, -0.1) is 0 Å². The first kappa shape index (κ1) is 18.2. The highest BCUT2D eigenvalue weighted by atomic mass is 35.5. The second-order valence-electron chi connectivity index (χ2n) is 6.71. The van der Waals surface area contributed by atoms with Gasteiger partial charge in [-0.3, -0.25) is 9.59 Å². The Kier molecular flexibility index (Phi) is 6.32. The van der Waals surface area contributed by atoms with Crippen molar-refractivity contribution < 1.29 is 14.3 Å². The summed E-state index contributed by atoms with van der Waals surface area (Å²) >= 11 is 6.16. The molecule has 1 aromatic rings. The molecule has 0 aliphatic carbocycles. The molecule has 0 spiro atoms. The molecule has 0 bridgehead atoms. The molecular formula is C19H25ClN2O3. The maximum atomic E-state index is 12.7. The third kappa shape index (κ3) is 4.73. The first-order chi connectivity index (χ1) is 12.1. The highest BCUT2D eigenvalue weighted by molar-refractivity contribution is 6.31. The van der Waals surface area contributed by atoms with Crippen molar-refractivity contribution in [2.45, 2.75) is 25.7 Å². The Morgan fingerprint density at radius 1 is 1.12 bits per heavy atom. The Morgan fingerprint density at radius 3 is 2.64 bits per heavy atom. The number of rotatable bonds is 4. The summed E-state index contributed by atoms with van der Waals surface area (Å²) in [5.74, 6) is 0.211. The summed E-state index contributed by atoms with van der Waals surface area (Å²) < 4.78 is 5.31. The number of morpholine rings is 1. The van der Waals surface area contributed by atoms with Gasteiger partial charge in [0, 0.05) is 37.6 Å². The Labute approximate surface area is 153 Å². The fourth-order valence-corrected chi connectivity index (χ4v) is 3.78. The number of carbonyl (C=O) groups is 2. The lowest BCUT2D eigenvalue weighted by molar-refractivity contribution is -0.144. The Morgan fingerprint density at radius 2 is 1.88 bits per heavy atom. The molecule has 0 saturated carbocycles. The van der Waals surface area contributed by atoms with Gasteiger partial charge in [0.15, 0.2) is 0 Å². The average molecular weight is 365 g/mol. The van der Waals surface area contributed by atoms with Crippen LogP contribution in [0, 0.1) is 5.92 Å². The summed E-state index contributed by atoms with van der Waals surface area (Å²) in [7, 11) is 0. The molecule has 2 fully saturated rings. The molecule has 0 aromatic heterocycles. The van der Waals surface area contributed by atoms with Crippen molar-refractivity contribution in [3.05, 3.63) is 34.9 Å². The van der Waals surface area contributed by atoms with Gasteiger partial charge in [0.05, 0.1) is 19.1 Å². The molecule has 2 aliphatic heterocycles. The normalized spacial score (nSPS) is 21.2. The minimum absolute atomic E-state index is 0.0730. The van der Waals surface area contributed by atoms with Crippen LogP contribution >= 0.6 is 11.6 Å². The van der Waals surface area contributed by atoms with Crippen molar-refractivity contribution in [2.24, 2.45) is 5.92 Å². The molecule has 0 radical (unpaired) electrons. The van der Waals surface area contributed by atoms with E-state index < -0.39 is 0 Å². The number of carbonyl (C=O) groups excluding carboxylic acids is 2. The van der Waals surface area contributed by atoms with Gasteiger partial charge in [0.2, 0.25) is 11.8 Å². The molecule has 2 amide bonds. The average Bonchev–Trinajstić information content (AvgIpc) is 2.67. The predicted molar refractivity (Wildman–Crippen MR) is 96.5 cm³/mol. The third-order valence-corrected chi connectivity index (χ3v) is 5.38. The van der Waals surface area contributed by atoms with Crippen LogP contribution in [0.25, 0.3) is 0 Å². The zero-order chi connectivity index (χ0) is 17.6. The van der Waals surface area contributed by atoms with Gasteiger partial charge in [-0.05, 0) is 30.9 Å². The molecule has 25 heavy (non-hydrogen) atoms. The van der Waals surface area contributed by atoms with Gasteiger partial charge >= 0.3 is 0 Å². The number of piperidine rings is 1. The minimum atomic E-state index is -0.0730. The van der Waals surface area contributed by atoms with Crippen molar-refractivity contribution >= 4 is 23.4 Å². The van der Waals surface area contributed by atoms with Crippen LogP contribution in [-0.4, -0.2) is 61.0 Å². The summed E-state index contributed by atoms with van der Waals surface area (Å²) in [6.07, 6.45) is 2.82. The zero-order valence-corrected chi connectivity index (χ0v) is 15.2. The van der Waals surface area contributed by atoms with Crippen molar-refractivity contribution in [1.82, 2.24) is 9.80 Å². The number of nitrogens with zero attached hydrogens (tertiary/aromatic N) is 2. The van der Waals surface area contributed by atoms with Crippen LogP contribution in [-0.2, 0) is 20.7 Å². The van der Waals surface area contributed by atoms with E-state index in [9.17, 15) is 9.59 Å². The molecular weight excluding hydrogens is 340 g/mol. The van der Waals surface area contributed by atoms with E-state index in [1.807, 2.05) is 34.1 Å². The third-order valence-electron chi connectivity index (χ3n) is 5.01. The summed E-state index contributed by atoms with van der Waals surface area (Å²) in [4.78, 5) is 29.0. The highest BCUT2D eigenvalue weighted by Gasteiger charge is 2.31. The molecule has 2 saturated heterocycles. The van der Waals surface area contributed by atoms with Gasteiger partial charge in [-0.1, -0.05) is 29.8 Å². The number of hydrogen-bond acceptors (Lipinski definition) is 3. The summed E-state index contributed by atoms with van der Waals surface area (Å²) in [6.45, 7) is 3.83. The number of halogens is 1. The molecule has 6 heteroatoms. The van der Waals surface area contributed by atoms with Crippen molar-refractivity contribution in [3.63, 3.8) is 0 Å². The number of ether oxygens (including phenoxy) is 1. The fourth-order valence-electron chi connectivity index (χ4n) is 3.55. The monoisotopic (exact) mass is 364 g/mol. The number of amides is 2. The first-order valence-electron chi connectivity index (χ1n) is 9.03. The van der Waals surface area contributed by atoms with Crippen molar-refractivity contribution in [2.75, 3.05) is 39.4 Å². The van der Waals surface area contributed by atoms with E-state index in [0.29, 0.717) is 50.7 Å². The van der Waals surface area contributed by atoms with Crippen LogP contribution in [0.4, 0.5) is 0 Å². The van der Waals surface area contributed by atoms with Crippen molar-refractivity contribution in [3.8, 4) is 0 Å². The summed E-state index contributed by atoms with van der Waals surface area (Å²) in [6, 6.07) is 7.62. The molecule has 136 valence electrons. The number of hydrogen-bond donors (Lipinski definition) is 0. The van der Waals surface area contributed by atoms with E-state index in [1.165, 1.54) is 0 Å². The van der Waals surface area contributed by atoms with E-state index in [1.54, 1.807) is 0 Å². The highest BCUT2D eigenvalue weighted by Crippen LogP contribution is 2.22. The van der Waals surface area contributed by atoms with Crippen LogP contribution in [0.15, 0.2) is 24.3 Å². The zero-order valence-electron chi connectivity index (χ0n) is 14.5. The fraction of sp³-hybridized carbons (Fsp3) is 0.579. The standard InChI is InChI=1S/C19H25ClN2O3/c20-17-6-2-1-4-15(17)7-8-18(23)22-9-3-5-16(14-22)19(24)21-10-12-25-13-11-21/h1-2,4,6,16H,3,5,7-14H2. The van der Waals surface area contributed by atoms with Crippen LogP contribution in [0.3, 0.4) is 0 Å². The van der Waals surface area contributed by atoms with Gasteiger partial charge in [0.1, 0.15) is 0 Å². The predicted octanol–water partition coefficient (Wildman–Crippen LogP) is 2.37. The summed E-state index contributed by atoms with van der Waals surface area (Å²) in [5, 5.41) is 0.703. The topological polar surface area (TPSA) is 49.9 Å². The maximum Gasteiger partial charge on any atom is 0.227 e. The largest absolute Gasteiger partial charge is 0.378 e. The van der Waals surface area contributed by atoms with E-state index in [0.717, 1.165) is 24.9 Å². The van der Waals surface area contributed by atoms with Crippen LogP contribution in [0.1, 0.15) is 24.8 Å². The number of benzene rings is 1. The maximum absolute atomic E-state index is 12.7. The van der Waals surface area contributed by atoms with Gasteiger partial charge in [-0.2, -0.15) is 0 Å². The van der Waals surface area contributed by atoms with Crippen molar-refractivity contribution in [1.29, 1.82) is 0 Å². The molecule has 0 N–H and O–H groups in total. The lowest BCUT2D eigenvalue weighted by Gasteiger charge is -2.36. The van der Waals surface area contributed by atoms with Gasteiger partial charge < -0.3 is 14.5 Å². The lowest BCUT2D eigenvalue weighted by atomic mass is 9.95. The van der Waals surface area contributed by atoms with E-state index in [4.69, 9.17) is 16.3 Å². The summed E-state index contributed by atoms with van der Waals surface area (Å²) in [5.41, 5.74) is 0.996. The lowest BCUT2D eigenvalue weighted by Crippen LogP contribution is -2.49. The second-order valence-corrected chi connectivity index (χ2v) is 7.12. The van der Waals surface area contributed by atoms with Crippen LogP contribution in [0.2, 0.25) is 5.02 Å². The molecule has 1 aromatic carbocycles. The molecule has 3 rings (SSSR count). The molecule has 2 aliphatic rings. The number of aryl methyl sites for hydroxylation is 1. The smallest absolute Gasteiger partial charge is 0.227 e. The Bertz CT molecular complexity index is 616. The molecule has 5 nitrogen and oxygen atoms in total. The van der Waals surface area contributed by atoms with Gasteiger partial charge in [-0.25, -0.2) is 0 Å². The minimum Gasteiger partial charge on any atom is -0.378 e. The number of likely N-dealkylation sites (tertiary alicyclic amines) is 1. The van der Waals surface area contributed by atoms with Crippen LogP contribution < -0.4 is 0 Å². The molecule has 1 atom stereocenters. The molecule has 2 heterocycles. The second kappa shape index (κ2) is 8.68.